The highest BCUT2D eigenvalue weighted by Crippen LogP contribution is 2.25. The van der Waals surface area contributed by atoms with Crippen molar-refractivity contribution in [3.8, 4) is 0 Å². The molecule has 0 bridgehead atoms. The van der Waals surface area contributed by atoms with E-state index in [0.29, 0.717) is 6.54 Å². The summed E-state index contributed by atoms with van der Waals surface area (Å²) in [6, 6.07) is -0.457. The lowest BCUT2D eigenvalue weighted by molar-refractivity contribution is -0.147. The van der Waals surface area contributed by atoms with Gasteiger partial charge in [0.2, 0.25) is 11.8 Å². The highest BCUT2D eigenvalue weighted by Gasteiger charge is 2.40. The molecule has 0 spiro atoms. The van der Waals surface area contributed by atoms with E-state index >= 15 is 0 Å². The summed E-state index contributed by atoms with van der Waals surface area (Å²) in [6.45, 7) is 8.38. The third kappa shape index (κ3) is 2.94. The molecule has 1 N–H and O–H groups in total. The number of nitrogens with zero attached hydrogens (tertiary/aromatic N) is 2. The summed E-state index contributed by atoms with van der Waals surface area (Å²) in [5.74, 6) is -0.110. The van der Waals surface area contributed by atoms with E-state index in [0.717, 1.165) is 10.6 Å². The second kappa shape index (κ2) is 4.92. The third-order valence-electron chi connectivity index (χ3n) is 3.24. The Bertz CT molecular complexity index is 504. The predicted molar refractivity (Wildman–Crippen MR) is 73.7 cm³/mol. The van der Waals surface area contributed by atoms with Gasteiger partial charge in [-0.3, -0.25) is 9.59 Å². The number of carbonyl (C=O) groups is 2. The van der Waals surface area contributed by atoms with Crippen LogP contribution in [0.5, 0.6) is 0 Å². The maximum Gasteiger partial charge on any atom is 0.246 e. The molecule has 1 saturated heterocycles. The molecule has 2 rings (SSSR count). The van der Waals surface area contributed by atoms with Crippen molar-refractivity contribution in [3.63, 3.8) is 0 Å². The van der Waals surface area contributed by atoms with Crippen LogP contribution in [-0.2, 0) is 16.1 Å². The fourth-order valence-electron chi connectivity index (χ4n) is 2.07. The van der Waals surface area contributed by atoms with Gasteiger partial charge in [-0.05, 0) is 12.3 Å². The van der Waals surface area contributed by atoms with Gasteiger partial charge in [0.05, 0.1) is 24.3 Å². The molecular weight excluding hydrogens is 262 g/mol. The molecule has 1 atom stereocenters. The number of rotatable bonds is 2. The SMILES string of the molecule is Cc1ncsc1CN1CC(=O)NC(C(C)(C)C)C1=O. The first-order chi connectivity index (χ1) is 8.79. The first-order valence-electron chi connectivity index (χ1n) is 6.26. The Balaban J connectivity index is 2.19. The Morgan fingerprint density at radius 3 is 2.68 bits per heavy atom. The normalized spacial score (nSPS) is 20.6. The lowest BCUT2D eigenvalue weighted by atomic mass is 9.85. The van der Waals surface area contributed by atoms with Crippen molar-refractivity contribution in [1.29, 1.82) is 0 Å². The fourth-order valence-corrected chi connectivity index (χ4v) is 2.87. The van der Waals surface area contributed by atoms with Crippen LogP contribution in [0.3, 0.4) is 0 Å². The van der Waals surface area contributed by atoms with Crippen molar-refractivity contribution in [2.75, 3.05) is 6.54 Å². The molecule has 1 aliphatic rings. The minimum Gasteiger partial charge on any atom is -0.342 e. The van der Waals surface area contributed by atoms with Gasteiger partial charge in [0.1, 0.15) is 6.04 Å². The van der Waals surface area contributed by atoms with Gasteiger partial charge in [-0.1, -0.05) is 20.8 Å². The number of hydrogen-bond acceptors (Lipinski definition) is 4. The van der Waals surface area contributed by atoms with Crippen LogP contribution in [0.2, 0.25) is 0 Å². The van der Waals surface area contributed by atoms with E-state index in [-0.39, 0.29) is 23.8 Å². The Morgan fingerprint density at radius 1 is 1.47 bits per heavy atom. The minimum absolute atomic E-state index is 0.0140. The Labute approximate surface area is 117 Å². The molecular formula is C13H19N3O2S. The largest absolute Gasteiger partial charge is 0.342 e. The van der Waals surface area contributed by atoms with Gasteiger partial charge in [0.15, 0.2) is 0 Å². The highest BCUT2D eigenvalue weighted by atomic mass is 32.1. The van der Waals surface area contributed by atoms with Gasteiger partial charge in [-0.15, -0.1) is 11.3 Å². The standard InChI is InChI=1S/C13H19N3O2S/c1-8-9(19-7-14-8)5-16-6-10(17)15-11(12(16)18)13(2,3)4/h7,11H,5-6H2,1-4H3,(H,15,17). The second-order valence-electron chi connectivity index (χ2n) is 5.92. The molecule has 1 unspecified atom stereocenters. The number of carbonyl (C=O) groups excluding carboxylic acids is 2. The Morgan fingerprint density at radius 2 is 2.16 bits per heavy atom. The van der Waals surface area contributed by atoms with E-state index < -0.39 is 6.04 Å². The zero-order valence-electron chi connectivity index (χ0n) is 11.7. The second-order valence-corrected chi connectivity index (χ2v) is 6.86. The summed E-state index contributed by atoms with van der Waals surface area (Å²) in [5.41, 5.74) is 2.41. The number of piperazine rings is 1. The van der Waals surface area contributed by atoms with Gasteiger partial charge in [0, 0.05) is 4.88 Å². The summed E-state index contributed by atoms with van der Waals surface area (Å²) in [5, 5.41) is 2.79. The summed E-state index contributed by atoms with van der Waals surface area (Å²) in [6.07, 6.45) is 0. The van der Waals surface area contributed by atoms with Gasteiger partial charge in [-0.25, -0.2) is 4.98 Å². The van der Waals surface area contributed by atoms with Gasteiger partial charge in [0.25, 0.3) is 0 Å². The van der Waals surface area contributed by atoms with Crippen molar-refractivity contribution >= 4 is 23.2 Å². The topological polar surface area (TPSA) is 62.3 Å². The molecule has 1 aliphatic heterocycles. The molecule has 0 radical (unpaired) electrons. The van der Waals surface area contributed by atoms with Gasteiger partial charge < -0.3 is 10.2 Å². The monoisotopic (exact) mass is 281 g/mol. The molecule has 2 amide bonds. The summed E-state index contributed by atoms with van der Waals surface area (Å²) >= 11 is 1.52. The molecule has 1 fully saturated rings. The van der Waals surface area contributed by atoms with Crippen LogP contribution in [-0.4, -0.2) is 34.3 Å². The lowest BCUT2D eigenvalue weighted by Crippen LogP contribution is -2.61. The summed E-state index contributed by atoms with van der Waals surface area (Å²) < 4.78 is 0. The molecule has 6 heteroatoms. The van der Waals surface area contributed by atoms with Gasteiger partial charge >= 0.3 is 0 Å². The minimum atomic E-state index is -0.457. The van der Waals surface area contributed by atoms with Crippen molar-refractivity contribution in [2.24, 2.45) is 5.41 Å². The average molecular weight is 281 g/mol. The van der Waals surface area contributed by atoms with E-state index in [4.69, 9.17) is 0 Å². The van der Waals surface area contributed by atoms with Crippen LogP contribution in [0.15, 0.2) is 5.51 Å². The first-order valence-corrected chi connectivity index (χ1v) is 7.14. The van der Waals surface area contributed by atoms with Crippen molar-refractivity contribution in [1.82, 2.24) is 15.2 Å². The number of hydrogen-bond donors (Lipinski definition) is 1. The van der Waals surface area contributed by atoms with E-state index in [1.54, 1.807) is 10.4 Å². The Kier molecular flexibility index (Phi) is 3.62. The van der Waals surface area contributed by atoms with Crippen LogP contribution in [0.4, 0.5) is 0 Å². The average Bonchev–Trinajstić information content (AvgIpc) is 2.68. The number of aromatic nitrogens is 1. The van der Waals surface area contributed by atoms with Crippen molar-refractivity contribution in [2.45, 2.75) is 40.3 Å². The third-order valence-corrected chi connectivity index (χ3v) is 4.16. The van der Waals surface area contributed by atoms with Crippen LogP contribution < -0.4 is 5.32 Å². The molecule has 0 aromatic carbocycles. The number of aryl methyl sites for hydroxylation is 1. The zero-order chi connectivity index (χ0) is 14.2. The van der Waals surface area contributed by atoms with Crippen LogP contribution in [0, 0.1) is 12.3 Å². The quantitative estimate of drug-likeness (QED) is 0.889. The zero-order valence-corrected chi connectivity index (χ0v) is 12.5. The fraction of sp³-hybridized carbons (Fsp3) is 0.615. The summed E-state index contributed by atoms with van der Waals surface area (Å²) in [7, 11) is 0. The summed E-state index contributed by atoms with van der Waals surface area (Å²) in [4.78, 5) is 31.1. The van der Waals surface area contributed by atoms with Crippen LogP contribution in [0.1, 0.15) is 31.3 Å². The molecule has 1 aromatic rings. The van der Waals surface area contributed by atoms with E-state index in [9.17, 15) is 9.59 Å². The van der Waals surface area contributed by atoms with Crippen LogP contribution in [0.25, 0.3) is 0 Å². The highest BCUT2D eigenvalue weighted by molar-refractivity contribution is 7.09. The molecule has 104 valence electrons. The Hall–Kier alpha value is -1.43. The molecule has 1 aromatic heterocycles. The molecule has 2 heterocycles. The molecule has 19 heavy (non-hydrogen) atoms. The number of nitrogens with one attached hydrogen (secondary N) is 1. The lowest BCUT2D eigenvalue weighted by Gasteiger charge is -2.38. The molecule has 0 aliphatic carbocycles. The van der Waals surface area contributed by atoms with Crippen molar-refractivity contribution < 1.29 is 9.59 Å². The molecule has 0 saturated carbocycles. The van der Waals surface area contributed by atoms with E-state index in [1.807, 2.05) is 27.7 Å². The van der Waals surface area contributed by atoms with Gasteiger partial charge in [-0.2, -0.15) is 0 Å². The maximum atomic E-state index is 12.5. The number of amides is 2. The van der Waals surface area contributed by atoms with E-state index in [2.05, 4.69) is 10.3 Å². The molecule has 5 nitrogen and oxygen atoms in total. The van der Waals surface area contributed by atoms with E-state index in [1.165, 1.54) is 11.3 Å². The maximum absolute atomic E-state index is 12.5. The van der Waals surface area contributed by atoms with Crippen LogP contribution >= 0.6 is 11.3 Å². The van der Waals surface area contributed by atoms with Crippen molar-refractivity contribution in [3.05, 3.63) is 16.1 Å². The smallest absolute Gasteiger partial charge is 0.246 e. The number of thiazole rings is 1. The first kappa shape index (κ1) is 14.0. The predicted octanol–water partition coefficient (Wildman–Crippen LogP) is 1.32.